The molecule has 0 spiro atoms. The summed E-state index contributed by atoms with van der Waals surface area (Å²) >= 11 is 1.71. The predicted octanol–water partition coefficient (Wildman–Crippen LogP) is 1.71. The number of amides is 1. The Bertz CT molecular complexity index is 557. The molecule has 0 bridgehead atoms. The number of nitrogens with one attached hydrogen (secondary N) is 1. The average molecular weight is 321 g/mol. The highest BCUT2D eigenvalue weighted by atomic mass is 32.1. The highest BCUT2D eigenvalue weighted by molar-refractivity contribution is 7.09. The first kappa shape index (κ1) is 14.6. The van der Waals surface area contributed by atoms with Crippen molar-refractivity contribution in [3.8, 4) is 0 Å². The number of hydrogen-bond donors (Lipinski definition) is 1. The summed E-state index contributed by atoms with van der Waals surface area (Å²) < 4.78 is 6.06. The number of likely N-dealkylation sites (tertiary alicyclic amines) is 1. The molecule has 22 heavy (non-hydrogen) atoms. The minimum atomic E-state index is -0.225. The van der Waals surface area contributed by atoms with Gasteiger partial charge in [0.05, 0.1) is 16.8 Å². The van der Waals surface area contributed by atoms with Gasteiger partial charge in [0, 0.05) is 24.5 Å². The van der Waals surface area contributed by atoms with Crippen LogP contribution in [0.1, 0.15) is 36.4 Å². The second-order valence-corrected chi connectivity index (χ2v) is 7.89. The van der Waals surface area contributed by atoms with Gasteiger partial charge in [-0.1, -0.05) is 0 Å². The van der Waals surface area contributed by atoms with Gasteiger partial charge >= 0.3 is 0 Å². The molecule has 3 fully saturated rings. The number of rotatable bonds is 4. The number of aryl methyl sites for hydroxylation is 1. The van der Waals surface area contributed by atoms with Gasteiger partial charge in [0.15, 0.2) is 0 Å². The number of carbonyl (C=O) groups excluding carboxylic acids is 1. The Kier molecular flexibility index (Phi) is 3.92. The van der Waals surface area contributed by atoms with Crippen molar-refractivity contribution < 1.29 is 9.53 Å². The van der Waals surface area contributed by atoms with Crippen molar-refractivity contribution in [3.63, 3.8) is 0 Å². The fraction of sp³-hybridized carbons (Fsp3) is 0.750. The van der Waals surface area contributed by atoms with E-state index in [2.05, 4.69) is 20.6 Å². The highest BCUT2D eigenvalue weighted by Crippen LogP contribution is 2.34. The number of fused-ring (bicyclic) bond motifs is 1. The third-order valence-corrected chi connectivity index (χ3v) is 5.73. The van der Waals surface area contributed by atoms with E-state index in [1.54, 1.807) is 11.3 Å². The Labute approximate surface area is 135 Å². The Morgan fingerprint density at radius 3 is 3.09 bits per heavy atom. The van der Waals surface area contributed by atoms with Gasteiger partial charge in [-0.3, -0.25) is 9.69 Å². The Morgan fingerprint density at radius 2 is 2.36 bits per heavy atom. The number of piperidine rings is 1. The van der Waals surface area contributed by atoms with Crippen LogP contribution in [0, 0.1) is 12.8 Å². The lowest BCUT2D eigenvalue weighted by Gasteiger charge is -2.33. The summed E-state index contributed by atoms with van der Waals surface area (Å²) in [5, 5.41) is 6.34. The normalized spacial score (nSPS) is 32.0. The maximum Gasteiger partial charge on any atom is 0.249 e. The first-order valence-corrected chi connectivity index (χ1v) is 9.14. The smallest absolute Gasteiger partial charge is 0.249 e. The van der Waals surface area contributed by atoms with Crippen LogP contribution in [0.3, 0.4) is 0 Å². The summed E-state index contributed by atoms with van der Waals surface area (Å²) in [6, 6.07) is 0.420. The van der Waals surface area contributed by atoms with E-state index >= 15 is 0 Å². The highest BCUT2D eigenvalue weighted by Gasteiger charge is 2.42. The van der Waals surface area contributed by atoms with Crippen molar-refractivity contribution in [1.82, 2.24) is 15.2 Å². The molecule has 4 rings (SSSR count). The monoisotopic (exact) mass is 321 g/mol. The van der Waals surface area contributed by atoms with Gasteiger partial charge in [0.2, 0.25) is 5.91 Å². The van der Waals surface area contributed by atoms with Crippen LogP contribution in [0.25, 0.3) is 0 Å². The largest absolute Gasteiger partial charge is 0.364 e. The van der Waals surface area contributed by atoms with Gasteiger partial charge in [0.25, 0.3) is 0 Å². The molecule has 1 aromatic heterocycles. The molecule has 1 aliphatic carbocycles. The molecule has 3 atom stereocenters. The second kappa shape index (κ2) is 5.91. The zero-order chi connectivity index (χ0) is 15.1. The van der Waals surface area contributed by atoms with E-state index in [1.165, 1.54) is 0 Å². The molecule has 3 heterocycles. The van der Waals surface area contributed by atoms with Crippen LogP contribution in [0.2, 0.25) is 0 Å². The van der Waals surface area contributed by atoms with Crippen molar-refractivity contribution in [2.45, 2.75) is 57.4 Å². The quantitative estimate of drug-likeness (QED) is 0.917. The summed E-state index contributed by atoms with van der Waals surface area (Å²) in [5.41, 5.74) is 1.15. The van der Waals surface area contributed by atoms with Crippen molar-refractivity contribution in [1.29, 1.82) is 0 Å². The number of ether oxygens (including phenoxy) is 1. The lowest BCUT2D eigenvalue weighted by Crippen LogP contribution is -2.42. The van der Waals surface area contributed by atoms with Gasteiger partial charge in [0.1, 0.15) is 6.10 Å². The van der Waals surface area contributed by atoms with Crippen LogP contribution in [-0.4, -0.2) is 47.1 Å². The zero-order valence-corrected chi connectivity index (χ0v) is 13.8. The topological polar surface area (TPSA) is 54.5 Å². The maximum atomic E-state index is 12.2. The number of carbonyl (C=O) groups is 1. The van der Waals surface area contributed by atoms with Crippen molar-refractivity contribution >= 4 is 17.2 Å². The summed E-state index contributed by atoms with van der Waals surface area (Å²) in [7, 11) is 0. The van der Waals surface area contributed by atoms with Crippen LogP contribution in [0.4, 0.5) is 0 Å². The van der Waals surface area contributed by atoms with E-state index in [4.69, 9.17) is 4.74 Å². The van der Waals surface area contributed by atoms with Crippen LogP contribution in [-0.2, 0) is 16.1 Å². The fourth-order valence-corrected chi connectivity index (χ4v) is 4.14. The molecule has 6 heteroatoms. The Balaban J connectivity index is 1.32. The molecule has 2 saturated heterocycles. The van der Waals surface area contributed by atoms with Crippen molar-refractivity contribution in [2.24, 2.45) is 5.92 Å². The van der Waals surface area contributed by atoms with Gasteiger partial charge in [-0.05, 0) is 45.1 Å². The summed E-state index contributed by atoms with van der Waals surface area (Å²) in [6.45, 7) is 4.95. The summed E-state index contributed by atoms with van der Waals surface area (Å²) in [4.78, 5) is 19.1. The number of aromatic nitrogens is 1. The molecule has 0 radical (unpaired) electrons. The number of nitrogens with zero attached hydrogens (tertiary/aromatic N) is 2. The lowest BCUT2D eigenvalue weighted by atomic mass is 9.91. The third-order valence-electron chi connectivity index (χ3n) is 4.90. The van der Waals surface area contributed by atoms with Crippen molar-refractivity contribution in [3.05, 3.63) is 16.1 Å². The first-order valence-electron chi connectivity index (χ1n) is 8.26. The predicted molar refractivity (Wildman–Crippen MR) is 84.7 cm³/mol. The Morgan fingerprint density at radius 1 is 1.50 bits per heavy atom. The minimum Gasteiger partial charge on any atom is -0.364 e. The van der Waals surface area contributed by atoms with E-state index in [0.717, 1.165) is 56.0 Å². The van der Waals surface area contributed by atoms with E-state index < -0.39 is 0 Å². The van der Waals surface area contributed by atoms with Gasteiger partial charge < -0.3 is 10.1 Å². The van der Waals surface area contributed by atoms with Crippen LogP contribution in [0.5, 0.6) is 0 Å². The van der Waals surface area contributed by atoms with E-state index in [0.29, 0.717) is 12.0 Å². The van der Waals surface area contributed by atoms with E-state index in [-0.39, 0.29) is 18.1 Å². The average Bonchev–Trinajstić information content (AvgIpc) is 3.05. The standard InChI is InChI=1S/C16H23N3O2S/c1-10-17-13(9-22-10)7-19-5-4-11-6-14(21-15(11)8-19)16(20)18-12-2-3-12/h9,11-12,14-15H,2-8H2,1H3,(H,18,20)/t11-,14-,15-/m0/s1. The van der Waals surface area contributed by atoms with Crippen LogP contribution in [0.15, 0.2) is 5.38 Å². The molecular formula is C16H23N3O2S. The molecule has 2 aliphatic heterocycles. The molecule has 120 valence electrons. The fourth-order valence-electron chi connectivity index (χ4n) is 3.54. The van der Waals surface area contributed by atoms with Crippen molar-refractivity contribution in [2.75, 3.05) is 13.1 Å². The zero-order valence-electron chi connectivity index (χ0n) is 13.0. The first-order chi connectivity index (χ1) is 10.7. The molecule has 1 amide bonds. The summed E-state index contributed by atoms with van der Waals surface area (Å²) in [5.74, 6) is 0.655. The van der Waals surface area contributed by atoms with E-state index in [9.17, 15) is 4.79 Å². The SMILES string of the molecule is Cc1nc(CN2CC[C@H]3C[C@@H](C(=O)NC4CC4)O[C@H]3C2)cs1. The molecule has 5 nitrogen and oxygen atoms in total. The second-order valence-electron chi connectivity index (χ2n) is 6.82. The van der Waals surface area contributed by atoms with Gasteiger partial charge in [-0.2, -0.15) is 0 Å². The molecule has 3 aliphatic rings. The lowest BCUT2D eigenvalue weighted by molar-refractivity contribution is -0.133. The molecule has 1 N–H and O–H groups in total. The number of thiazole rings is 1. The molecule has 0 aromatic carbocycles. The third kappa shape index (κ3) is 3.19. The summed E-state index contributed by atoms with van der Waals surface area (Å²) in [6.07, 6.45) is 4.27. The van der Waals surface area contributed by atoms with Crippen LogP contribution < -0.4 is 5.32 Å². The number of hydrogen-bond acceptors (Lipinski definition) is 5. The molecule has 1 saturated carbocycles. The van der Waals surface area contributed by atoms with Gasteiger partial charge in [-0.25, -0.2) is 4.98 Å². The van der Waals surface area contributed by atoms with E-state index in [1.807, 2.05) is 6.92 Å². The Hall–Kier alpha value is -0.980. The van der Waals surface area contributed by atoms with Gasteiger partial charge in [-0.15, -0.1) is 11.3 Å². The molecular weight excluding hydrogens is 298 g/mol. The molecule has 1 aromatic rings. The maximum absolute atomic E-state index is 12.2. The molecule has 0 unspecified atom stereocenters. The van der Waals surface area contributed by atoms with Crippen LogP contribution >= 0.6 is 11.3 Å². The minimum absolute atomic E-state index is 0.110.